The summed E-state index contributed by atoms with van der Waals surface area (Å²) in [5.41, 5.74) is 0. The van der Waals surface area contributed by atoms with Gasteiger partial charge in [0, 0.05) is 12.4 Å². The molecule has 0 spiro atoms. The Morgan fingerprint density at radius 3 is 2.31 bits per heavy atom. The van der Waals surface area contributed by atoms with Crippen LogP contribution in [0, 0.1) is 0 Å². The number of nitrogens with zero attached hydrogens (tertiary/aromatic N) is 2. The van der Waals surface area contributed by atoms with Crippen LogP contribution in [0.1, 0.15) is 6.42 Å². The first kappa shape index (κ1) is 13.2. The molecule has 0 aliphatic carbocycles. The van der Waals surface area contributed by atoms with Gasteiger partial charge in [-0.25, -0.2) is 0 Å². The van der Waals surface area contributed by atoms with Gasteiger partial charge in [-0.2, -0.15) is 0 Å². The van der Waals surface area contributed by atoms with Gasteiger partial charge >= 0.3 is 0 Å². The second-order valence-electron chi connectivity index (χ2n) is 3.73. The van der Waals surface area contributed by atoms with Crippen molar-refractivity contribution < 1.29 is 5.11 Å². The molecule has 1 atom stereocenters. The molecule has 0 aliphatic rings. The van der Waals surface area contributed by atoms with Gasteiger partial charge < -0.3 is 14.9 Å². The summed E-state index contributed by atoms with van der Waals surface area (Å²) in [7, 11) is 6.13. The van der Waals surface area contributed by atoms with E-state index in [1.807, 2.05) is 7.05 Å². The molecule has 0 aromatic heterocycles. The van der Waals surface area contributed by atoms with E-state index in [4.69, 9.17) is 11.6 Å². The summed E-state index contributed by atoms with van der Waals surface area (Å²) in [4.78, 5) is 4.27. The second-order valence-corrected chi connectivity index (χ2v) is 4.04. The van der Waals surface area contributed by atoms with E-state index in [0.29, 0.717) is 12.4 Å². The number of hydrogen-bond acceptors (Lipinski definition) is 3. The first-order chi connectivity index (χ1) is 6.06. The van der Waals surface area contributed by atoms with Crippen molar-refractivity contribution in [3.05, 3.63) is 0 Å². The highest BCUT2D eigenvalue weighted by molar-refractivity contribution is 6.18. The van der Waals surface area contributed by atoms with Crippen LogP contribution in [0.5, 0.6) is 0 Å². The van der Waals surface area contributed by atoms with E-state index in [0.717, 1.165) is 19.5 Å². The van der Waals surface area contributed by atoms with Crippen molar-refractivity contribution >= 4 is 11.6 Å². The molecule has 0 amide bonds. The topological polar surface area (TPSA) is 26.7 Å². The second kappa shape index (κ2) is 7.56. The summed E-state index contributed by atoms with van der Waals surface area (Å²) in [6.07, 6.45) is 0.726. The van der Waals surface area contributed by atoms with E-state index in [1.165, 1.54) is 0 Å². The Hall–Kier alpha value is 0.170. The monoisotopic (exact) mass is 208 g/mol. The fraction of sp³-hybridized carbons (Fsp3) is 1.00. The van der Waals surface area contributed by atoms with Crippen LogP contribution in [0.2, 0.25) is 0 Å². The molecule has 0 rings (SSSR count). The standard InChI is InChI=1S/C9H21ClN2O/c1-11(2)5-4-6-12(3)8-9(13)7-10/h9,13H,4-8H2,1-3H3. The first-order valence-electron chi connectivity index (χ1n) is 4.63. The SMILES string of the molecule is CN(C)CCCN(C)CC(O)CCl. The fourth-order valence-corrected chi connectivity index (χ4v) is 1.25. The summed E-state index contributed by atoms with van der Waals surface area (Å²) in [6, 6.07) is 0. The number of aliphatic hydroxyl groups excluding tert-OH is 1. The van der Waals surface area contributed by atoms with Gasteiger partial charge in [0.1, 0.15) is 0 Å². The molecule has 80 valence electrons. The van der Waals surface area contributed by atoms with E-state index in [9.17, 15) is 5.11 Å². The average Bonchev–Trinajstić information content (AvgIpc) is 2.03. The van der Waals surface area contributed by atoms with E-state index in [1.54, 1.807) is 0 Å². The highest BCUT2D eigenvalue weighted by Crippen LogP contribution is 1.94. The Bertz CT molecular complexity index is 122. The normalized spacial score (nSPS) is 14.1. The summed E-state index contributed by atoms with van der Waals surface area (Å²) in [6.45, 7) is 2.75. The maximum Gasteiger partial charge on any atom is 0.0802 e. The van der Waals surface area contributed by atoms with Crippen LogP contribution >= 0.6 is 11.6 Å². The van der Waals surface area contributed by atoms with Gasteiger partial charge in [-0.3, -0.25) is 0 Å². The van der Waals surface area contributed by atoms with E-state index >= 15 is 0 Å². The zero-order valence-electron chi connectivity index (χ0n) is 8.83. The molecular weight excluding hydrogens is 188 g/mol. The zero-order valence-corrected chi connectivity index (χ0v) is 9.59. The molecule has 0 bridgehead atoms. The molecule has 3 nitrogen and oxygen atoms in total. The van der Waals surface area contributed by atoms with Gasteiger partial charge in [0.2, 0.25) is 0 Å². The van der Waals surface area contributed by atoms with Crippen molar-refractivity contribution in [2.75, 3.05) is 46.7 Å². The van der Waals surface area contributed by atoms with Gasteiger partial charge in [-0.05, 0) is 40.7 Å². The minimum absolute atomic E-state index is 0.317. The molecule has 0 saturated carbocycles. The molecule has 1 unspecified atom stereocenters. The molecule has 13 heavy (non-hydrogen) atoms. The lowest BCUT2D eigenvalue weighted by Crippen LogP contribution is -2.32. The van der Waals surface area contributed by atoms with Crippen molar-refractivity contribution in [1.29, 1.82) is 0 Å². The van der Waals surface area contributed by atoms with Gasteiger partial charge in [-0.15, -0.1) is 11.6 Å². The van der Waals surface area contributed by atoms with Crippen molar-refractivity contribution in [1.82, 2.24) is 9.80 Å². The van der Waals surface area contributed by atoms with Crippen LogP contribution in [0.4, 0.5) is 0 Å². The Labute approximate surface area is 86.3 Å². The molecule has 1 N–H and O–H groups in total. The average molecular weight is 209 g/mol. The Kier molecular flexibility index (Phi) is 7.66. The third-order valence-corrected chi connectivity index (χ3v) is 2.20. The lowest BCUT2D eigenvalue weighted by molar-refractivity contribution is 0.142. The first-order valence-corrected chi connectivity index (χ1v) is 5.17. The maximum atomic E-state index is 9.25. The number of likely N-dealkylation sites (N-methyl/N-ethyl adjacent to an activating group) is 1. The summed E-state index contributed by atoms with van der Waals surface area (Å²) in [5.74, 6) is 0.317. The molecule has 0 aliphatic heterocycles. The number of rotatable bonds is 7. The van der Waals surface area contributed by atoms with Crippen molar-refractivity contribution in [2.45, 2.75) is 12.5 Å². The molecule has 0 fully saturated rings. The van der Waals surface area contributed by atoms with Crippen molar-refractivity contribution in [2.24, 2.45) is 0 Å². The molecule has 0 aromatic carbocycles. The Morgan fingerprint density at radius 2 is 1.85 bits per heavy atom. The quantitative estimate of drug-likeness (QED) is 0.617. The molecule has 0 radical (unpaired) electrons. The smallest absolute Gasteiger partial charge is 0.0802 e. The van der Waals surface area contributed by atoms with Crippen molar-refractivity contribution in [3.8, 4) is 0 Å². The predicted molar refractivity (Wildman–Crippen MR) is 57.4 cm³/mol. The number of alkyl halides is 1. The van der Waals surface area contributed by atoms with Crippen molar-refractivity contribution in [3.63, 3.8) is 0 Å². The third-order valence-electron chi connectivity index (χ3n) is 1.85. The number of aliphatic hydroxyl groups is 1. The van der Waals surface area contributed by atoms with Crippen LogP contribution in [0.3, 0.4) is 0 Å². The van der Waals surface area contributed by atoms with Crippen LogP contribution in [-0.2, 0) is 0 Å². The summed E-state index contributed by atoms with van der Waals surface area (Å²) in [5, 5.41) is 9.25. The predicted octanol–water partition coefficient (Wildman–Crippen LogP) is 0.470. The maximum absolute atomic E-state index is 9.25. The van der Waals surface area contributed by atoms with Gasteiger partial charge in [0.15, 0.2) is 0 Å². The Morgan fingerprint density at radius 1 is 1.23 bits per heavy atom. The lowest BCUT2D eigenvalue weighted by atomic mass is 10.3. The van der Waals surface area contributed by atoms with E-state index in [2.05, 4.69) is 23.9 Å². The number of hydrogen-bond donors (Lipinski definition) is 1. The van der Waals surface area contributed by atoms with Gasteiger partial charge in [0.05, 0.1) is 6.10 Å². The third kappa shape index (κ3) is 8.50. The molecule has 4 heteroatoms. The fourth-order valence-electron chi connectivity index (χ4n) is 1.16. The minimum Gasteiger partial charge on any atom is -0.391 e. The zero-order chi connectivity index (χ0) is 10.3. The highest BCUT2D eigenvalue weighted by atomic mass is 35.5. The summed E-state index contributed by atoms with van der Waals surface area (Å²) >= 11 is 5.50. The van der Waals surface area contributed by atoms with Crippen LogP contribution < -0.4 is 0 Å². The molecule has 0 aromatic rings. The van der Waals surface area contributed by atoms with E-state index in [-0.39, 0.29) is 0 Å². The molecule has 0 heterocycles. The summed E-state index contributed by atoms with van der Waals surface area (Å²) < 4.78 is 0. The molecule has 0 saturated heterocycles. The number of halogens is 1. The van der Waals surface area contributed by atoms with Gasteiger partial charge in [-0.1, -0.05) is 0 Å². The molecular formula is C9H21ClN2O. The largest absolute Gasteiger partial charge is 0.391 e. The van der Waals surface area contributed by atoms with E-state index < -0.39 is 6.10 Å². The van der Waals surface area contributed by atoms with Crippen LogP contribution in [-0.4, -0.2) is 67.7 Å². The lowest BCUT2D eigenvalue weighted by Gasteiger charge is -2.20. The minimum atomic E-state index is -0.397. The van der Waals surface area contributed by atoms with Crippen LogP contribution in [0.15, 0.2) is 0 Å². The van der Waals surface area contributed by atoms with Crippen LogP contribution in [0.25, 0.3) is 0 Å². The Balaban J connectivity index is 3.34. The van der Waals surface area contributed by atoms with Gasteiger partial charge in [0.25, 0.3) is 0 Å². The highest BCUT2D eigenvalue weighted by Gasteiger charge is 2.05.